The summed E-state index contributed by atoms with van der Waals surface area (Å²) in [6.07, 6.45) is 2.25. The zero-order valence-electron chi connectivity index (χ0n) is 11.2. The second-order valence-corrected chi connectivity index (χ2v) is 5.08. The molecule has 1 aliphatic rings. The van der Waals surface area contributed by atoms with Gasteiger partial charge in [-0.05, 0) is 25.2 Å². The number of nitrogens with zero attached hydrogens (tertiary/aromatic N) is 3. The van der Waals surface area contributed by atoms with Gasteiger partial charge < -0.3 is 9.30 Å². The molecule has 0 spiro atoms. The molecule has 1 unspecified atom stereocenters. The third kappa shape index (κ3) is 3.18. The van der Waals surface area contributed by atoms with E-state index < -0.39 is 0 Å². The van der Waals surface area contributed by atoms with Gasteiger partial charge in [0.1, 0.15) is 5.82 Å². The highest BCUT2D eigenvalue weighted by Gasteiger charge is 2.21. The Balaban J connectivity index is 2.04. The molecule has 2 heterocycles. The van der Waals surface area contributed by atoms with Gasteiger partial charge in [0.25, 0.3) is 0 Å². The van der Waals surface area contributed by atoms with E-state index in [0.29, 0.717) is 4.77 Å². The third-order valence-corrected chi connectivity index (χ3v) is 3.68. The number of ether oxygens (including phenoxy) is 1. The van der Waals surface area contributed by atoms with Crippen LogP contribution in [0.1, 0.15) is 26.1 Å². The van der Waals surface area contributed by atoms with Crippen LogP contribution in [0.25, 0.3) is 0 Å². The second-order valence-electron chi connectivity index (χ2n) is 4.69. The molecule has 102 valence electrons. The number of H-pyrrole nitrogens is 1. The van der Waals surface area contributed by atoms with E-state index >= 15 is 0 Å². The molecule has 1 aromatic heterocycles. The Hall–Kier alpha value is -0.720. The van der Waals surface area contributed by atoms with Crippen molar-refractivity contribution in [1.82, 2.24) is 19.7 Å². The summed E-state index contributed by atoms with van der Waals surface area (Å²) in [6.45, 7) is 9.05. The van der Waals surface area contributed by atoms with Crippen LogP contribution in [0.4, 0.5) is 0 Å². The van der Waals surface area contributed by atoms with Gasteiger partial charge in [-0.25, -0.2) is 0 Å². The predicted molar refractivity (Wildman–Crippen MR) is 73.3 cm³/mol. The molecule has 1 atom stereocenters. The lowest BCUT2D eigenvalue weighted by molar-refractivity contribution is -0.0348. The number of nitrogens with one attached hydrogen (secondary N) is 1. The van der Waals surface area contributed by atoms with Gasteiger partial charge in [-0.15, -0.1) is 0 Å². The molecule has 1 aliphatic heterocycles. The molecule has 1 saturated heterocycles. The normalized spacial score (nSPS) is 21.3. The van der Waals surface area contributed by atoms with E-state index in [1.165, 1.54) is 0 Å². The average molecular weight is 270 g/mol. The van der Waals surface area contributed by atoms with Crippen LogP contribution in [0, 0.1) is 4.77 Å². The molecule has 5 nitrogen and oxygen atoms in total. The van der Waals surface area contributed by atoms with Crippen LogP contribution < -0.4 is 0 Å². The maximum Gasteiger partial charge on any atom is 0.195 e. The summed E-state index contributed by atoms with van der Waals surface area (Å²) in [4.78, 5) is 2.41. The monoisotopic (exact) mass is 270 g/mol. The zero-order chi connectivity index (χ0) is 13.0. The summed E-state index contributed by atoms with van der Waals surface area (Å²) in [5.74, 6) is 1.04. The third-order valence-electron chi connectivity index (χ3n) is 3.37. The Labute approximate surface area is 113 Å². The van der Waals surface area contributed by atoms with Crippen LogP contribution in [0.3, 0.4) is 0 Å². The van der Waals surface area contributed by atoms with Crippen molar-refractivity contribution in [1.29, 1.82) is 0 Å². The summed E-state index contributed by atoms with van der Waals surface area (Å²) in [5, 5.41) is 7.17. The number of likely N-dealkylation sites (N-methyl/N-ethyl adjacent to an activating group) is 1. The van der Waals surface area contributed by atoms with E-state index in [9.17, 15) is 0 Å². The van der Waals surface area contributed by atoms with Crippen molar-refractivity contribution < 1.29 is 4.74 Å². The summed E-state index contributed by atoms with van der Waals surface area (Å²) < 4.78 is 8.61. The molecule has 0 bridgehead atoms. The first kappa shape index (κ1) is 13.7. The molecule has 2 rings (SSSR count). The van der Waals surface area contributed by atoms with Gasteiger partial charge in [0.05, 0.1) is 19.3 Å². The van der Waals surface area contributed by atoms with E-state index in [4.69, 9.17) is 17.0 Å². The topological polar surface area (TPSA) is 46.1 Å². The molecule has 18 heavy (non-hydrogen) atoms. The van der Waals surface area contributed by atoms with Gasteiger partial charge in [-0.1, -0.05) is 13.8 Å². The lowest BCUT2D eigenvalue weighted by Gasteiger charge is -2.32. The summed E-state index contributed by atoms with van der Waals surface area (Å²) >= 11 is 5.29. The number of hydrogen-bond donors (Lipinski definition) is 1. The number of aromatic nitrogens is 3. The zero-order valence-corrected chi connectivity index (χ0v) is 12.0. The molecule has 0 saturated carbocycles. The number of hydrogen-bond acceptors (Lipinski definition) is 4. The molecular weight excluding hydrogens is 248 g/mol. The minimum atomic E-state index is 0.221. The molecule has 1 fully saturated rings. The fraction of sp³-hybridized carbons (Fsp3) is 0.833. The van der Waals surface area contributed by atoms with Crippen LogP contribution in [0.5, 0.6) is 0 Å². The predicted octanol–water partition coefficient (Wildman–Crippen LogP) is 1.61. The number of morpholine rings is 1. The van der Waals surface area contributed by atoms with E-state index in [2.05, 4.69) is 33.5 Å². The average Bonchev–Trinajstić information content (AvgIpc) is 2.72. The van der Waals surface area contributed by atoms with Crippen molar-refractivity contribution in [3.05, 3.63) is 10.6 Å². The maximum atomic E-state index is 5.82. The van der Waals surface area contributed by atoms with Gasteiger partial charge in [0.15, 0.2) is 4.77 Å². The first-order valence-corrected chi connectivity index (χ1v) is 7.13. The summed E-state index contributed by atoms with van der Waals surface area (Å²) in [5.41, 5.74) is 0. The highest BCUT2D eigenvalue weighted by molar-refractivity contribution is 7.71. The van der Waals surface area contributed by atoms with Crippen molar-refractivity contribution >= 4 is 12.2 Å². The van der Waals surface area contributed by atoms with Gasteiger partial charge in [-0.2, -0.15) is 5.10 Å². The van der Waals surface area contributed by atoms with Crippen LogP contribution in [-0.2, 0) is 17.7 Å². The molecule has 1 aromatic rings. The Morgan fingerprint density at radius 3 is 3.06 bits per heavy atom. The van der Waals surface area contributed by atoms with Crippen molar-refractivity contribution in [2.24, 2.45) is 0 Å². The Bertz CT molecular complexity index is 428. The van der Waals surface area contributed by atoms with Crippen LogP contribution in [0.15, 0.2) is 0 Å². The van der Waals surface area contributed by atoms with E-state index in [1.54, 1.807) is 0 Å². The quantitative estimate of drug-likeness (QED) is 0.826. The minimum absolute atomic E-state index is 0.221. The molecule has 6 heteroatoms. The Kier molecular flexibility index (Phi) is 4.91. The molecule has 0 amide bonds. The molecule has 0 aromatic carbocycles. The van der Waals surface area contributed by atoms with Gasteiger partial charge in [-0.3, -0.25) is 10.00 Å². The number of rotatable bonds is 5. The Morgan fingerprint density at radius 2 is 2.33 bits per heavy atom. The van der Waals surface area contributed by atoms with Crippen LogP contribution in [-0.4, -0.2) is 52.0 Å². The lowest BCUT2D eigenvalue weighted by atomic mass is 10.2. The van der Waals surface area contributed by atoms with Crippen LogP contribution in [0.2, 0.25) is 0 Å². The second kappa shape index (κ2) is 6.45. The standard InChI is InChI=1S/C12H22N4OS/c1-3-5-11-13-14-12(18)16(11)9-10-8-15(4-2)6-7-17-10/h10H,3-9H2,1-2H3,(H,14,18). The van der Waals surface area contributed by atoms with Crippen molar-refractivity contribution in [2.75, 3.05) is 26.2 Å². The van der Waals surface area contributed by atoms with Crippen molar-refractivity contribution in [3.63, 3.8) is 0 Å². The van der Waals surface area contributed by atoms with Crippen molar-refractivity contribution in [2.45, 2.75) is 39.3 Å². The van der Waals surface area contributed by atoms with Crippen LogP contribution >= 0.6 is 12.2 Å². The Morgan fingerprint density at radius 1 is 1.50 bits per heavy atom. The van der Waals surface area contributed by atoms with E-state index in [1.807, 2.05) is 0 Å². The fourth-order valence-electron chi connectivity index (χ4n) is 2.33. The van der Waals surface area contributed by atoms with E-state index in [-0.39, 0.29) is 6.10 Å². The summed E-state index contributed by atoms with van der Waals surface area (Å²) in [6, 6.07) is 0. The lowest BCUT2D eigenvalue weighted by Crippen LogP contribution is -2.44. The number of aryl methyl sites for hydroxylation is 1. The van der Waals surface area contributed by atoms with Gasteiger partial charge in [0, 0.05) is 19.5 Å². The van der Waals surface area contributed by atoms with Gasteiger partial charge in [0.2, 0.25) is 0 Å². The first-order chi connectivity index (χ1) is 8.74. The van der Waals surface area contributed by atoms with Gasteiger partial charge >= 0.3 is 0 Å². The van der Waals surface area contributed by atoms with E-state index in [0.717, 1.165) is 51.5 Å². The van der Waals surface area contributed by atoms with Crippen molar-refractivity contribution in [3.8, 4) is 0 Å². The minimum Gasteiger partial charge on any atom is -0.374 e. The number of aromatic amines is 1. The molecular formula is C12H22N4OS. The molecule has 0 radical (unpaired) electrons. The molecule has 1 N–H and O–H groups in total. The highest BCUT2D eigenvalue weighted by Crippen LogP contribution is 2.10. The smallest absolute Gasteiger partial charge is 0.195 e. The maximum absolute atomic E-state index is 5.82. The highest BCUT2D eigenvalue weighted by atomic mass is 32.1. The fourth-order valence-corrected chi connectivity index (χ4v) is 2.56. The molecule has 0 aliphatic carbocycles. The summed E-state index contributed by atoms with van der Waals surface area (Å²) in [7, 11) is 0. The first-order valence-electron chi connectivity index (χ1n) is 6.72. The largest absolute Gasteiger partial charge is 0.374 e. The SMILES string of the molecule is CCCc1n[nH]c(=S)n1CC1CN(CC)CCO1.